The summed E-state index contributed by atoms with van der Waals surface area (Å²) in [5, 5.41) is 3.02. The van der Waals surface area contributed by atoms with Gasteiger partial charge in [0.05, 0.1) is 0 Å². The van der Waals surface area contributed by atoms with Crippen LogP contribution in [0.4, 0.5) is 0 Å². The smallest absolute Gasteiger partial charge is 0.246 e. The zero-order valence-corrected chi connectivity index (χ0v) is 11.9. The third-order valence-electron chi connectivity index (χ3n) is 5.04. The highest BCUT2D eigenvalue weighted by Crippen LogP contribution is 2.46. The van der Waals surface area contributed by atoms with Gasteiger partial charge in [-0.25, -0.2) is 0 Å². The Bertz CT molecular complexity index is 401. The summed E-state index contributed by atoms with van der Waals surface area (Å²) >= 11 is 0. The molecule has 2 atom stereocenters. The van der Waals surface area contributed by atoms with Crippen molar-refractivity contribution in [2.24, 2.45) is 11.8 Å². The molecule has 0 radical (unpaired) electrons. The Morgan fingerprint density at radius 2 is 1.95 bits per heavy atom. The van der Waals surface area contributed by atoms with E-state index in [1.54, 1.807) is 0 Å². The molecule has 1 N–H and O–H groups in total. The average molecular weight is 264 g/mol. The predicted octanol–water partition coefficient (Wildman–Crippen LogP) is 1.69. The zero-order valence-electron chi connectivity index (χ0n) is 11.9. The van der Waals surface area contributed by atoms with Crippen LogP contribution in [0, 0.1) is 11.8 Å². The predicted molar refractivity (Wildman–Crippen MR) is 72.4 cm³/mol. The quantitative estimate of drug-likeness (QED) is 0.821. The van der Waals surface area contributed by atoms with Gasteiger partial charge in [0.1, 0.15) is 11.6 Å². The van der Waals surface area contributed by atoms with Crippen LogP contribution in [-0.4, -0.2) is 34.8 Å². The first kappa shape index (κ1) is 12.9. The van der Waals surface area contributed by atoms with Gasteiger partial charge in [0.25, 0.3) is 0 Å². The van der Waals surface area contributed by atoms with Crippen LogP contribution >= 0.6 is 0 Å². The second-order valence-corrected chi connectivity index (χ2v) is 6.55. The zero-order chi connectivity index (χ0) is 13.6. The third kappa shape index (κ3) is 2.05. The van der Waals surface area contributed by atoms with Crippen molar-refractivity contribution in [3.8, 4) is 0 Å². The van der Waals surface area contributed by atoms with Crippen LogP contribution in [-0.2, 0) is 9.59 Å². The number of hydrogen-bond donors (Lipinski definition) is 1. The summed E-state index contributed by atoms with van der Waals surface area (Å²) in [7, 11) is 0. The maximum Gasteiger partial charge on any atom is 0.246 e. The summed E-state index contributed by atoms with van der Waals surface area (Å²) in [5.41, 5.74) is -0.586. The molecule has 0 aromatic rings. The van der Waals surface area contributed by atoms with Gasteiger partial charge in [-0.05, 0) is 50.9 Å². The third-order valence-corrected chi connectivity index (χ3v) is 5.04. The Morgan fingerprint density at radius 3 is 2.47 bits per heavy atom. The molecule has 1 aliphatic heterocycles. The molecular formula is C15H24N2O2. The van der Waals surface area contributed by atoms with E-state index in [-0.39, 0.29) is 17.9 Å². The Hall–Kier alpha value is -1.06. The molecule has 4 heteroatoms. The largest absolute Gasteiger partial charge is 0.342 e. The van der Waals surface area contributed by atoms with Gasteiger partial charge in [0.2, 0.25) is 11.8 Å². The van der Waals surface area contributed by atoms with Crippen LogP contribution in [0.25, 0.3) is 0 Å². The van der Waals surface area contributed by atoms with Gasteiger partial charge in [-0.15, -0.1) is 0 Å². The summed E-state index contributed by atoms with van der Waals surface area (Å²) in [5.74, 6) is 1.02. The molecule has 0 bridgehead atoms. The molecule has 106 valence electrons. The number of hydrogen-bond acceptors (Lipinski definition) is 2. The van der Waals surface area contributed by atoms with E-state index in [1.165, 1.54) is 0 Å². The van der Waals surface area contributed by atoms with Gasteiger partial charge in [-0.2, -0.15) is 0 Å². The summed E-state index contributed by atoms with van der Waals surface area (Å²) in [4.78, 5) is 27.2. The maximum atomic E-state index is 12.7. The number of nitrogens with one attached hydrogen (secondary N) is 1. The van der Waals surface area contributed by atoms with Gasteiger partial charge >= 0.3 is 0 Å². The number of piperazine rings is 1. The fraction of sp³-hybridized carbons (Fsp3) is 0.867. The molecule has 1 heterocycles. The normalized spacial score (nSPS) is 35.5. The summed E-state index contributed by atoms with van der Waals surface area (Å²) in [6.07, 6.45) is 6.36. The van der Waals surface area contributed by atoms with E-state index in [9.17, 15) is 9.59 Å². The molecule has 3 rings (SSSR count). The second kappa shape index (κ2) is 4.50. The number of amides is 2. The maximum absolute atomic E-state index is 12.7. The lowest BCUT2D eigenvalue weighted by Crippen LogP contribution is -2.71. The standard InChI is InChI=1S/C15H24N2O2/c1-3-4-9-17-13(18)12(10-5-6-10)16-14(19)15(17,2)11-7-8-11/h10-12H,3-9H2,1-2H3,(H,16,19). The topological polar surface area (TPSA) is 49.4 Å². The molecule has 4 nitrogen and oxygen atoms in total. The summed E-state index contributed by atoms with van der Waals surface area (Å²) in [6.45, 7) is 4.83. The molecular weight excluding hydrogens is 240 g/mol. The molecule has 3 fully saturated rings. The lowest BCUT2D eigenvalue weighted by molar-refractivity contribution is -0.158. The van der Waals surface area contributed by atoms with Crippen molar-refractivity contribution in [1.82, 2.24) is 10.2 Å². The van der Waals surface area contributed by atoms with E-state index in [0.717, 1.165) is 45.1 Å². The van der Waals surface area contributed by atoms with Crippen molar-refractivity contribution in [2.75, 3.05) is 6.54 Å². The van der Waals surface area contributed by atoms with Crippen molar-refractivity contribution in [3.05, 3.63) is 0 Å². The minimum atomic E-state index is -0.586. The number of nitrogens with zero attached hydrogens (tertiary/aromatic N) is 1. The van der Waals surface area contributed by atoms with Gasteiger partial charge in [-0.3, -0.25) is 9.59 Å². The lowest BCUT2D eigenvalue weighted by Gasteiger charge is -2.47. The molecule has 0 spiro atoms. The molecule has 0 aromatic carbocycles. The Kier molecular flexibility index (Phi) is 3.06. The highest BCUT2D eigenvalue weighted by Gasteiger charge is 2.58. The monoisotopic (exact) mass is 264 g/mol. The van der Waals surface area contributed by atoms with E-state index in [2.05, 4.69) is 12.2 Å². The minimum absolute atomic E-state index is 0.0857. The van der Waals surface area contributed by atoms with E-state index in [4.69, 9.17) is 0 Å². The SMILES string of the molecule is CCCCN1C(=O)C(C2CC2)NC(=O)C1(C)C1CC1. The molecule has 1 saturated heterocycles. The van der Waals surface area contributed by atoms with Crippen LogP contribution in [0.1, 0.15) is 52.4 Å². The van der Waals surface area contributed by atoms with Crippen molar-refractivity contribution >= 4 is 11.8 Å². The Labute approximate surface area is 114 Å². The number of carbonyl (C=O) groups excluding carboxylic acids is 2. The van der Waals surface area contributed by atoms with Crippen LogP contribution < -0.4 is 5.32 Å². The van der Waals surface area contributed by atoms with Gasteiger partial charge in [-0.1, -0.05) is 13.3 Å². The summed E-state index contributed by atoms with van der Waals surface area (Å²) < 4.78 is 0. The first-order valence-electron chi connectivity index (χ1n) is 7.71. The van der Waals surface area contributed by atoms with Crippen molar-refractivity contribution in [3.63, 3.8) is 0 Å². The van der Waals surface area contributed by atoms with Crippen LogP contribution in [0.3, 0.4) is 0 Å². The summed E-state index contributed by atoms with van der Waals surface area (Å²) in [6, 6.07) is -0.240. The average Bonchev–Trinajstić information content (AvgIpc) is 3.26. The Morgan fingerprint density at radius 1 is 1.26 bits per heavy atom. The van der Waals surface area contributed by atoms with Gasteiger partial charge < -0.3 is 10.2 Å². The molecule has 2 saturated carbocycles. The van der Waals surface area contributed by atoms with E-state index < -0.39 is 5.54 Å². The van der Waals surface area contributed by atoms with Crippen molar-refractivity contribution in [2.45, 2.75) is 64.0 Å². The van der Waals surface area contributed by atoms with Crippen LogP contribution in [0.2, 0.25) is 0 Å². The molecule has 0 aromatic heterocycles. The van der Waals surface area contributed by atoms with Crippen LogP contribution in [0.5, 0.6) is 0 Å². The van der Waals surface area contributed by atoms with Crippen molar-refractivity contribution in [1.29, 1.82) is 0 Å². The molecule has 19 heavy (non-hydrogen) atoms. The lowest BCUT2D eigenvalue weighted by atomic mass is 9.87. The first-order chi connectivity index (χ1) is 9.09. The number of carbonyl (C=O) groups is 2. The van der Waals surface area contributed by atoms with E-state index in [0.29, 0.717) is 11.8 Å². The van der Waals surface area contributed by atoms with Gasteiger partial charge in [0.15, 0.2) is 0 Å². The number of rotatable bonds is 5. The fourth-order valence-corrected chi connectivity index (χ4v) is 3.33. The molecule has 2 amide bonds. The van der Waals surface area contributed by atoms with E-state index >= 15 is 0 Å². The van der Waals surface area contributed by atoms with E-state index in [1.807, 2.05) is 11.8 Å². The van der Waals surface area contributed by atoms with Gasteiger partial charge in [0, 0.05) is 6.54 Å². The minimum Gasteiger partial charge on any atom is -0.342 e. The fourth-order valence-electron chi connectivity index (χ4n) is 3.33. The molecule has 3 aliphatic rings. The molecule has 2 aliphatic carbocycles. The van der Waals surface area contributed by atoms with Crippen molar-refractivity contribution < 1.29 is 9.59 Å². The molecule has 2 unspecified atom stereocenters. The number of unbranched alkanes of at least 4 members (excludes halogenated alkanes) is 1. The highest BCUT2D eigenvalue weighted by molar-refractivity contribution is 6.00. The first-order valence-corrected chi connectivity index (χ1v) is 7.71. The second-order valence-electron chi connectivity index (χ2n) is 6.55. The Balaban J connectivity index is 1.85. The van der Waals surface area contributed by atoms with Crippen LogP contribution in [0.15, 0.2) is 0 Å². The highest BCUT2D eigenvalue weighted by atomic mass is 16.2.